The second-order valence-electron chi connectivity index (χ2n) is 8.56. The van der Waals surface area contributed by atoms with Gasteiger partial charge in [-0.05, 0) is 38.1 Å². The maximum atomic E-state index is 4.70. The first kappa shape index (κ1) is 17.9. The molecule has 1 N–H and O–H groups in total. The van der Waals surface area contributed by atoms with Crippen LogP contribution in [0.15, 0.2) is 49.2 Å². The van der Waals surface area contributed by atoms with Crippen molar-refractivity contribution in [2.75, 3.05) is 38.5 Å². The predicted octanol–water partition coefficient (Wildman–Crippen LogP) is 2.23. The molecule has 2 fully saturated rings. The van der Waals surface area contributed by atoms with Gasteiger partial charge in [0.05, 0.1) is 11.7 Å². The van der Waals surface area contributed by atoms with E-state index in [9.17, 15) is 0 Å². The van der Waals surface area contributed by atoms with Crippen molar-refractivity contribution in [1.82, 2.24) is 33.8 Å². The summed E-state index contributed by atoms with van der Waals surface area (Å²) < 4.78 is 3.95. The first-order chi connectivity index (χ1) is 14.7. The van der Waals surface area contributed by atoms with Crippen molar-refractivity contribution in [3.8, 4) is 11.1 Å². The molecule has 154 valence electrons. The number of imidazole rings is 1. The van der Waals surface area contributed by atoms with E-state index in [1.807, 2.05) is 39.8 Å². The van der Waals surface area contributed by atoms with Crippen LogP contribution in [-0.4, -0.2) is 79.1 Å². The predicted molar refractivity (Wildman–Crippen MR) is 117 cm³/mol. The highest BCUT2D eigenvalue weighted by Gasteiger charge is 2.35. The van der Waals surface area contributed by atoms with Gasteiger partial charge in [-0.2, -0.15) is 0 Å². The Labute approximate surface area is 175 Å². The molecule has 4 aromatic rings. The van der Waals surface area contributed by atoms with Gasteiger partial charge < -0.3 is 14.6 Å². The second kappa shape index (κ2) is 7.07. The van der Waals surface area contributed by atoms with Gasteiger partial charge in [-0.1, -0.05) is 0 Å². The normalized spacial score (nSPS) is 23.1. The van der Waals surface area contributed by atoms with Gasteiger partial charge in [0.25, 0.3) is 0 Å². The molecule has 1 aliphatic heterocycles. The summed E-state index contributed by atoms with van der Waals surface area (Å²) in [6.07, 6.45) is 12.1. The number of nitrogens with zero attached hydrogens (tertiary/aromatic N) is 7. The lowest BCUT2D eigenvalue weighted by atomic mass is 9.85. The zero-order chi connectivity index (χ0) is 20.1. The number of rotatable bonds is 4. The van der Waals surface area contributed by atoms with E-state index in [1.165, 1.54) is 39.0 Å². The van der Waals surface area contributed by atoms with Crippen LogP contribution in [0, 0.1) is 0 Å². The monoisotopic (exact) mass is 402 g/mol. The molecule has 30 heavy (non-hydrogen) atoms. The Bertz CT molecular complexity index is 1180. The minimum atomic E-state index is 0.464. The molecule has 2 aliphatic rings. The highest BCUT2D eigenvalue weighted by Crippen LogP contribution is 2.29. The lowest BCUT2D eigenvalue weighted by Crippen LogP contribution is -2.55. The van der Waals surface area contributed by atoms with Crippen molar-refractivity contribution in [2.45, 2.75) is 24.9 Å². The Morgan fingerprint density at radius 1 is 1.00 bits per heavy atom. The molecular formula is C22H26N8. The number of aromatic nitrogens is 5. The lowest BCUT2D eigenvalue weighted by molar-refractivity contribution is 0.0656. The zero-order valence-electron chi connectivity index (χ0n) is 17.1. The third-order valence-electron chi connectivity index (χ3n) is 6.62. The summed E-state index contributed by atoms with van der Waals surface area (Å²) in [4.78, 5) is 14.0. The molecule has 4 aromatic heterocycles. The van der Waals surface area contributed by atoms with Crippen LogP contribution in [0.3, 0.4) is 0 Å². The van der Waals surface area contributed by atoms with Crippen LogP contribution >= 0.6 is 0 Å². The summed E-state index contributed by atoms with van der Waals surface area (Å²) >= 11 is 0. The number of fused-ring (bicyclic) bond motifs is 2. The molecule has 0 spiro atoms. The molecule has 0 radical (unpaired) electrons. The molecule has 0 amide bonds. The Balaban J connectivity index is 1.15. The van der Waals surface area contributed by atoms with E-state index in [-0.39, 0.29) is 0 Å². The summed E-state index contributed by atoms with van der Waals surface area (Å²) in [5.74, 6) is 0.705. The minimum absolute atomic E-state index is 0.464. The number of anilines is 1. The van der Waals surface area contributed by atoms with Crippen LogP contribution in [0.25, 0.3) is 22.3 Å². The molecule has 1 aliphatic carbocycles. The van der Waals surface area contributed by atoms with Crippen LogP contribution in [0.2, 0.25) is 0 Å². The third-order valence-corrected chi connectivity index (χ3v) is 6.62. The van der Waals surface area contributed by atoms with Gasteiger partial charge in [0.1, 0.15) is 5.65 Å². The van der Waals surface area contributed by atoms with E-state index in [4.69, 9.17) is 5.10 Å². The van der Waals surface area contributed by atoms with E-state index < -0.39 is 0 Å². The van der Waals surface area contributed by atoms with Crippen LogP contribution in [0.5, 0.6) is 0 Å². The number of hydrogen-bond acceptors (Lipinski definition) is 6. The fraction of sp³-hybridized carbons (Fsp3) is 0.409. The Hall–Kier alpha value is -2.97. The highest BCUT2D eigenvalue weighted by atomic mass is 15.3. The van der Waals surface area contributed by atoms with E-state index in [2.05, 4.69) is 50.5 Å². The van der Waals surface area contributed by atoms with Crippen LogP contribution in [0.1, 0.15) is 12.8 Å². The van der Waals surface area contributed by atoms with Crippen LogP contribution < -0.4 is 5.32 Å². The Morgan fingerprint density at radius 3 is 2.73 bits per heavy atom. The van der Waals surface area contributed by atoms with Gasteiger partial charge in [-0.15, -0.1) is 5.10 Å². The Morgan fingerprint density at radius 2 is 1.87 bits per heavy atom. The van der Waals surface area contributed by atoms with Gasteiger partial charge in [0.2, 0.25) is 5.95 Å². The van der Waals surface area contributed by atoms with E-state index in [0.29, 0.717) is 18.0 Å². The molecule has 0 bridgehead atoms. The van der Waals surface area contributed by atoms with Gasteiger partial charge in [0, 0.05) is 74.2 Å². The molecule has 0 unspecified atom stereocenters. The summed E-state index contributed by atoms with van der Waals surface area (Å²) in [5, 5.41) is 8.22. The fourth-order valence-electron chi connectivity index (χ4n) is 4.66. The quantitative estimate of drug-likeness (QED) is 0.565. The molecule has 0 aromatic carbocycles. The number of nitrogens with one attached hydrogen (secondary N) is 1. The second-order valence-corrected chi connectivity index (χ2v) is 8.56. The maximum Gasteiger partial charge on any atom is 0.241 e. The number of pyridine rings is 1. The molecule has 8 nitrogen and oxygen atoms in total. The van der Waals surface area contributed by atoms with E-state index >= 15 is 0 Å². The maximum absolute atomic E-state index is 4.70. The average molecular weight is 403 g/mol. The number of piperazine rings is 1. The minimum Gasteiger partial charge on any atom is -0.350 e. The van der Waals surface area contributed by atoms with Crippen molar-refractivity contribution in [3.05, 3.63) is 49.2 Å². The topological polar surface area (TPSA) is 66.0 Å². The number of hydrogen-bond donors (Lipinski definition) is 1. The smallest absolute Gasteiger partial charge is 0.241 e. The SMILES string of the molecule is CN1CCN([C@H]2C[C@H](Nc3ncc4c(-c5ccc6nccn6c5)ccn4n3)C2)CC1. The molecule has 0 atom stereocenters. The third kappa shape index (κ3) is 3.12. The number of likely N-dealkylation sites (N-methyl/N-ethyl adjacent to an activating group) is 1. The first-order valence-electron chi connectivity index (χ1n) is 10.7. The van der Waals surface area contributed by atoms with Gasteiger partial charge in [0.15, 0.2) is 0 Å². The molecule has 1 saturated carbocycles. The average Bonchev–Trinajstić information content (AvgIpc) is 3.37. The van der Waals surface area contributed by atoms with Gasteiger partial charge in [-0.25, -0.2) is 14.5 Å². The molecular weight excluding hydrogens is 376 g/mol. The van der Waals surface area contributed by atoms with Crippen LogP contribution in [-0.2, 0) is 0 Å². The van der Waals surface area contributed by atoms with E-state index in [0.717, 1.165) is 22.3 Å². The molecule has 1 saturated heterocycles. The molecule has 5 heterocycles. The fourth-order valence-corrected chi connectivity index (χ4v) is 4.66. The summed E-state index contributed by atoms with van der Waals surface area (Å²) in [6, 6.07) is 7.39. The van der Waals surface area contributed by atoms with Crippen molar-refractivity contribution < 1.29 is 0 Å². The summed E-state index contributed by atoms with van der Waals surface area (Å²) in [7, 11) is 2.21. The van der Waals surface area contributed by atoms with Crippen LogP contribution in [0.4, 0.5) is 5.95 Å². The van der Waals surface area contributed by atoms with Gasteiger partial charge >= 0.3 is 0 Å². The zero-order valence-corrected chi connectivity index (χ0v) is 17.1. The van der Waals surface area contributed by atoms with Crippen molar-refractivity contribution >= 4 is 17.1 Å². The van der Waals surface area contributed by atoms with Crippen molar-refractivity contribution in [3.63, 3.8) is 0 Å². The lowest BCUT2D eigenvalue weighted by Gasteiger charge is -2.46. The first-order valence-corrected chi connectivity index (χ1v) is 10.7. The highest BCUT2D eigenvalue weighted by molar-refractivity contribution is 5.80. The Kier molecular flexibility index (Phi) is 4.21. The standard InChI is InChI=1S/C22H26N8/c1-27-8-10-28(11-9-27)18-12-17(13-18)25-22-24-14-20-19(4-6-30(20)26-22)16-2-3-21-23-5-7-29(21)15-16/h2-7,14-15,17-18H,8-13H2,1H3,(H,25,26)/t17-,18-. The van der Waals surface area contributed by atoms with E-state index in [1.54, 1.807) is 0 Å². The largest absolute Gasteiger partial charge is 0.350 e. The summed E-state index contributed by atoms with van der Waals surface area (Å²) in [6.45, 7) is 4.73. The van der Waals surface area contributed by atoms with Gasteiger partial charge in [-0.3, -0.25) is 4.90 Å². The molecule has 6 rings (SSSR count). The summed E-state index contributed by atoms with van der Waals surface area (Å²) in [5.41, 5.74) is 4.20. The van der Waals surface area contributed by atoms with Crippen molar-refractivity contribution in [1.29, 1.82) is 0 Å². The van der Waals surface area contributed by atoms with Crippen molar-refractivity contribution in [2.24, 2.45) is 0 Å². The molecule has 8 heteroatoms.